The number of carbonyl (C=O) groups excluding carboxylic acids is 1. The molecule has 1 aromatic rings. The normalized spacial score (nSPS) is 24.6. The van der Waals surface area contributed by atoms with E-state index in [1.165, 1.54) is 0 Å². The van der Waals surface area contributed by atoms with Gasteiger partial charge in [-0.15, -0.1) is 0 Å². The summed E-state index contributed by atoms with van der Waals surface area (Å²) in [4.78, 5) is 16.1. The number of aryl methyl sites for hydroxylation is 2. The van der Waals surface area contributed by atoms with Gasteiger partial charge in [0.05, 0.1) is 5.69 Å². The molecule has 1 aromatic heterocycles. The molecule has 0 aliphatic carbocycles. The summed E-state index contributed by atoms with van der Waals surface area (Å²) < 4.78 is 5.31. The Hall–Kier alpha value is -1.36. The minimum Gasteiger partial charge on any atom is -0.436 e. The Balaban J connectivity index is 2.03. The molecule has 0 spiro atoms. The van der Waals surface area contributed by atoms with Crippen LogP contribution in [0.2, 0.25) is 0 Å². The first-order valence-corrected chi connectivity index (χ1v) is 6.06. The zero-order valence-electron chi connectivity index (χ0n) is 10.5. The van der Waals surface area contributed by atoms with Crippen molar-refractivity contribution in [2.45, 2.75) is 45.7 Å². The first kappa shape index (κ1) is 12.1. The van der Waals surface area contributed by atoms with Crippen molar-refractivity contribution < 1.29 is 9.21 Å². The number of nitrogens with one attached hydrogen (secondary N) is 2. The lowest BCUT2D eigenvalue weighted by Gasteiger charge is -2.30. The zero-order chi connectivity index (χ0) is 12.4. The fourth-order valence-corrected chi connectivity index (χ4v) is 2.22. The monoisotopic (exact) mass is 237 g/mol. The molecule has 2 atom stereocenters. The van der Waals surface area contributed by atoms with Gasteiger partial charge in [-0.25, -0.2) is 4.98 Å². The summed E-state index contributed by atoms with van der Waals surface area (Å²) in [5.74, 6) is 0.700. The Morgan fingerprint density at radius 2 is 2.29 bits per heavy atom. The molecule has 2 N–H and O–H groups in total. The van der Waals surface area contributed by atoms with Gasteiger partial charge >= 0.3 is 0 Å². The molecule has 5 nitrogen and oxygen atoms in total. The summed E-state index contributed by atoms with van der Waals surface area (Å²) in [6, 6.07) is 0.470. The van der Waals surface area contributed by atoms with Gasteiger partial charge in [-0.2, -0.15) is 0 Å². The summed E-state index contributed by atoms with van der Waals surface area (Å²) in [7, 11) is 0. The average Bonchev–Trinajstić information content (AvgIpc) is 2.61. The van der Waals surface area contributed by atoms with E-state index in [1.807, 2.05) is 0 Å². The van der Waals surface area contributed by atoms with Crippen molar-refractivity contribution >= 4 is 5.91 Å². The smallest absolute Gasteiger partial charge is 0.289 e. The number of piperidine rings is 1. The second-order valence-corrected chi connectivity index (χ2v) is 4.61. The maximum absolute atomic E-state index is 12.0. The topological polar surface area (TPSA) is 67.2 Å². The third-order valence-corrected chi connectivity index (χ3v) is 3.19. The Labute approximate surface area is 101 Å². The van der Waals surface area contributed by atoms with Crippen LogP contribution in [0.1, 0.15) is 41.9 Å². The van der Waals surface area contributed by atoms with Gasteiger partial charge in [-0.1, -0.05) is 0 Å². The van der Waals surface area contributed by atoms with Crippen LogP contribution in [0.5, 0.6) is 0 Å². The van der Waals surface area contributed by atoms with Gasteiger partial charge in [-0.05, 0) is 33.2 Å². The van der Waals surface area contributed by atoms with Crippen LogP contribution >= 0.6 is 0 Å². The van der Waals surface area contributed by atoms with E-state index in [0.29, 0.717) is 23.4 Å². The van der Waals surface area contributed by atoms with Gasteiger partial charge < -0.3 is 15.1 Å². The van der Waals surface area contributed by atoms with Crippen molar-refractivity contribution in [3.05, 3.63) is 17.3 Å². The zero-order valence-corrected chi connectivity index (χ0v) is 10.5. The van der Waals surface area contributed by atoms with E-state index in [1.54, 1.807) is 13.8 Å². The molecule has 1 aliphatic rings. The Morgan fingerprint density at radius 1 is 1.53 bits per heavy atom. The molecule has 1 amide bonds. The van der Waals surface area contributed by atoms with Crippen LogP contribution in [0.4, 0.5) is 0 Å². The molecule has 2 heterocycles. The van der Waals surface area contributed by atoms with E-state index < -0.39 is 0 Å². The molecule has 0 radical (unpaired) electrons. The van der Waals surface area contributed by atoms with E-state index >= 15 is 0 Å². The second kappa shape index (κ2) is 4.87. The number of hydrogen-bond acceptors (Lipinski definition) is 4. The predicted octanol–water partition coefficient (Wildman–Crippen LogP) is 1.16. The van der Waals surface area contributed by atoms with Gasteiger partial charge in [0.15, 0.2) is 5.89 Å². The minimum absolute atomic E-state index is 0.163. The molecule has 2 unspecified atom stereocenters. The Kier molecular flexibility index (Phi) is 3.47. The lowest BCUT2D eigenvalue weighted by Crippen LogP contribution is -2.51. The van der Waals surface area contributed by atoms with Crippen LogP contribution in [0.3, 0.4) is 0 Å². The van der Waals surface area contributed by atoms with E-state index in [0.717, 1.165) is 19.4 Å². The summed E-state index contributed by atoms with van der Waals surface area (Å²) in [6.45, 7) is 6.64. The molecule has 1 fully saturated rings. The highest BCUT2D eigenvalue weighted by Gasteiger charge is 2.25. The molecule has 5 heteroatoms. The third kappa shape index (κ3) is 2.66. The average molecular weight is 237 g/mol. The van der Waals surface area contributed by atoms with Crippen molar-refractivity contribution in [1.29, 1.82) is 0 Å². The van der Waals surface area contributed by atoms with Crippen molar-refractivity contribution in [2.75, 3.05) is 6.54 Å². The van der Waals surface area contributed by atoms with Crippen LogP contribution in [0, 0.1) is 13.8 Å². The SMILES string of the molecule is Cc1nc(C)c(C(=O)NC2CCCNC2C)o1. The number of oxazole rings is 1. The maximum atomic E-state index is 12.0. The molecular weight excluding hydrogens is 218 g/mol. The molecule has 0 aromatic carbocycles. The number of hydrogen-bond donors (Lipinski definition) is 2. The van der Waals surface area contributed by atoms with Crippen molar-refractivity contribution in [3.63, 3.8) is 0 Å². The lowest BCUT2D eigenvalue weighted by molar-refractivity contribution is 0.0889. The Morgan fingerprint density at radius 3 is 2.88 bits per heavy atom. The highest BCUT2D eigenvalue weighted by atomic mass is 16.4. The van der Waals surface area contributed by atoms with Crippen LogP contribution in [0.15, 0.2) is 4.42 Å². The van der Waals surface area contributed by atoms with E-state index in [-0.39, 0.29) is 11.9 Å². The largest absolute Gasteiger partial charge is 0.436 e. The molecule has 0 saturated carbocycles. The summed E-state index contributed by atoms with van der Waals surface area (Å²) in [5, 5.41) is 6.35. The first-order chi connectivity index (χ1) is 8.08. The van der Waals surface area contributed by atoms with Crippen molar-refractivity contribution in [1.82, 2.24) is 15.6 Å². The Bertz CT molecular complexity index is 414. The molecule has 1 aliphatic heterocycles. The van der Waals surface area contributed by atoms with E-state index in [4.69, 9.17) is 4.42 Å². The quantitative estimate of drug-likeness (QED) is 0.810. The number of rotatable bonds is 2. The summed E-state index contributed by atoms with van der Waals surface area (Å²) in [6.07, 6.45) is 2.09. The highest BCUT2D eigenvalue weighted by Crippen LogP contribution is 2.12. The lowest BCUT2D eigenvalue weighted by atomic mass is 10.00. The van der Waals surface area contributed by atoms with Gasteiger partial charge in [0, 0.05) is 19.0 Å². The van der Waals surface area contributed by atoms with Crippen molar-refractivity contribution in [3.8, 4) is 0 Å². The van der Waals surface area contributed by atoms with Gasteiger partial charge in [0.2, 0.25) is 5.76 Å². The van der Waals surface area contributed by atoms with Gasteiger partial charge in [-0.3, -0.25) is 4.79 Å². The fourth-order valence-electron chi connectivity index (χ4n) is 2.22. The maximum Gasteiger partial charge on any atom is 0.289 e. The van der Waals surface area contributed by atoms with Crippen LogP contribution in [-0.4, -0.2) is 29.5 Å². The summed E-state index contributed by atoms with van der Waals surface area (Å²) >= 11 is 0. The fraction of sp³-hybridized carbons (Fsp3) is 0.667. The molecule has 17 heavy (non-hydrogen) atoms. The number of amides is 1. The predicted molar refractivity (Wildman–Crippen MR) is 63.9 cm³/mol. The van der Waals surface area contributed by atoms with E-state index in [2.05, 4.69) is 22.5 Å². The number of aromatic nitrogens is 1. The molecule has 94 valence electrons. The highest BCUT2D eigenvalue weighted by molar-refractivity contribution is 5.92. The first-order valence-electron chi connectivity index (χ1n) is 6.06. The number of carbonyl (C=O) groups is 1. The molecule has 1 saturated heterocycles. The minimum atomic E-state index is -0.163. The second-order valence-electron chi connectivity index (χ2n) is 4.61. The van der Waals surface area contributed by atoms with Crippen LogP contribution in [0.25, 0.3) is 0 Å². The van der Waals surface area contributed by atoms with Crippen LogP contribution in [-0.2, 0) is 0 Å². The van der Waals surface area contributed by atoms with Crippen LogP contribution < -0.4 is 10.6 Å². The molecule has 2 rings (SSSR count). The van der Waals surface area contributed by atoms with Gasteiger partial charge in [0.1, 0.15) is 0 Å². The molecular formula is C12H19N3O2. The van der Waals surface area contributed by atoms with Gasteiger partial charge in [0.25, 0.3) is 5.91 Å². The molecule has 0 bridgehead atoms. The van der Waals surface area contributed by atoms with Crippen molar-refractivity contribution in [2.24, 2.45) is 0 Å². The standard InChI is InChI=1S/C12H19N3O2/c1-7-10(5-4-6-13-7)15-12(16)11-8(2)14-9(3)17-11/h7,10,13H,4-6H2,1-3H3,(H,15,16). The number of nitrogens with zero attached hydrogens (tertiary/aromatic N) is 1. The third-order valence-electron chi connectivity index (χ3n) is 3.19. The van der Waals surface area contributed by atoms with E-state index in [9.17, 15) is 4.79 Å². The summed E-state index contributed by atoms with van der Waals surface area (Å²) in [5.41, 5.74) is 0.649.